The maximum absolute atomic E-state index is 6.22. The van der Waals surface area contributed by atoms with Gasteiger partial charge in [-0.25, -0.2) is 0 Å². The molecule has 5 heteroatoms. The Morgan fingerprint density at radius 3 is 2.71 bits per heavy atom. The molecule has 2 atom stereocenters. The summed E-state index contributed by atoms with van der Waals surface area (Å²) in [4.78, 5) is 2.38. The van der Waals surface area contributed by atoms with Gasteiger partial charge in [-0.3, -0.25) is 0 Å². The Hall–Kier alpha value is -0.510. The van der Waals surface area contributed by atoms with Gasteiger partial charge in [0, 0.05) is 17.6 Å². The molecular formula is C16H20Cl2N2S. The van der Waals surface area contributed by atoms with Crippen molar-refractivity contribution in [3.8, 4) is 0 Å². The van der Waals surface area contributed by atoms with Crippen LogP contribution in [-0.2, 0) is 0 Å². The van der Waals surface area contributed by atoms with Gasteiger partial charge in [-0.05, 0) is 62.0 Å². The van der Waals surface area contributed by atoms with Gasteiger partial charge in [-0.2, -0.15) is 0 Å². The summed E-state index contributed by atoms with van der Waals surface area (Å²) in [6, 6.07) is 6.07. The van der Waals surface area contributed by atoms with Gasteiger partial charge in [0.2, 0.25) is 0 Å². The first-order valence-corrected chi connectivity index (χ1v) is 8.84. The lowest BCUT2D eigenvalue weighted by Crippen LogP contribution is -2.51. The van der Waals surface area contributed by atoms with Crippen LogP contribution in [0.2, 0.25) is 10.0 Å². The number of nitrogens with zero attached hydrogens (tertiary/aromatic N) is 1. The monoisotopic (exact) mass is 342 g/mol. The summed E-state index contributed by atoms with van der Waals surface area (Å²) in [5, 5.41) is 5.36. The van der Waals surface area contributed by atoms with Gasteiger partial charge < -0.3 is 10.2 Å². The van der Waals surface area contributed by atoms with E-state index < -0.39 is 0 Å². The second-order valence-electron chi connectivity index (χ2n) is 6.00. The third-order valence-corrected chi connectivity index (χ3v) is 5.56. The second kappa shape index (κ2) is 6.72. The minimum absolute atomic E-state index is 0.610. The number of rotatable bonds is 1. The standard InChI is InChI=1S/C16H20Cl2N2S/c17-12-7-8-14(13(18)10-12)19-16(21)20-9-3-5-11-4-1-2-6-15(11)20/h7-8,10-11,15H,1-6,9H2,(H,19,21)/t11-,15+/m1/s1. The van der Waals surface area contributed by atoms with E-state index in [0.717, 1.165) is 23.3 Å². The first kappa shape index (κ1) is 15.4. The predicted molar refractivity (Wildman–Crippen MR) is 94.4 cm³/mol. The molecule has 1 heterocycles. The van der Waals surface area contributed by atoms with Crippen LogP contribution in [-0.4, -0.2) is 22.6 Å². The van der Waals surface area contributed by atoms with E-state index in [9.17, 15) is 0 Å². The number of fused-ring (bicyclic) bond motifs is 1. The molecule has 2 aliphatic rings. The molecule has 0 spiro atoms. The molecule has 21 heavy (non-hydrogen) atoms. The van der Waals surface area contributed by atoms with Gasteiger partial charge in [-0.15, -0.1) is 0 Å². The molecule has 2 fully saturated rings. The molecule has 1 aromatic carbocycles. The molecule has 1 saturated carbocycles. The van der Waals surface area contributed by atoms with E-state index in [1.54, 1.807) is 6.07 Å². The third-order valence-electron chi connectivity index (χ3n) is 4.68. The van der Waals surface area contributed by atoms with Crippen molar-refractivity contribution in [2.24, 2.45) is 5.92 Å². The first-order valence-electron chi connectivity index (χ1n) is 7.68. The lowest BCUT2D eigenvalue weighted by molar-refractivity contribution is 0.121. The number of benzene rings is 1. The summed E-state index contributed by atoms with van der Waals surface area (Å²) in [6.45, 7) is 1.05. The van der Waals surface area contributed by atoms with E-state index in [2.05, 4.69) is 10.2 Å². The van der Waals surface area contributed by atoms with Crippen LogP contribution in [0.3, 0.4) is 0 Å². The zero-order valence-electron chi connectivity index (χ0n) is 11.9. The molecule has 1 N–H and O–H groups in total. The molecule has 1 saturated heterocycles. The van der Waals surface area contributed by atoms with E-state index in [4.69, 9.17) is 35.4 Å². The predicted octanol–water partition coefficient (Wildman–Crippen LogP) is 5.34. The number of hydrogen-bond donors (Lipinski definition) is 1. The van der Waals surface area contributed by atoms with Crippen molar-refractivity contribution in [3.05, 3.63) is 28.2 Å². The largest absolute Gasteiger partial charge is 0.346 e. The first-order chi connectivity index (χ1) is 10.1. The Balaban J connectivity index is 1.71. The van der Waals surface area contributed by atoms with Crippen LogP contribution in [0.1, 0.15) is 38.5 Å². The average Bonchev–Trinajstić information content (AvgIpc) is 2.49. The summed E-state index contributed by atoms with van der Waals surface area (Å²) in [7, 11) is 0. The fourth-order valence-corrected chi connectivity index (χ4v) is 4.45. The maximum Gasteiger partial charge on any atom is 0.173 e. The minimum Gasteiger partial charge on any atom is -0.346 e. The summed E-state index contributed by atoms with van der Waals surface area (Å²) in [5.41, 5.74) is 0.837. The van der Waals surface area contributed by atoms with Crippen LogP contribution in [0, 0.1) is 5.92 Å². The van der Waals surface area contributed by atoms with Gasteiger partial charge in [0.1, 0.15) is 0 Å². The molecule has 0 radical (unpaired) electrons. The van der Waals surface area contributed by atoms with Crippen LogP contribution < -0.4 is 5.32 Å². The van der Waals surface area contributed by atoms with Gasteiger partial charge in [0.15, 0.2) is 5.11 Å². The molecule has 1 aliphatic carbocycles. The van der Waals surface area contributed by atoms with Crippen LogP contribution in [0.25, 0.3) is 0 Å². The van der Waals surface area contributed by atoms with Gasteiger partial charge >= 0.3 is 0 Å². The molecule has 1 aromatic rings. The van der Waals surface area contributed by atoms with E-state index in [-0.39, 0.29) is 0 Å². The minimum atomic E-state index is 0.610. The van der Waals surface area contributed by atoms with Crippen molar-refractivity contribution in [3.63, 3.8) is 0 Å². The lowest BCUT2D eigenvalue weighted by Gasteiger charge is -2.45. The number of hydrogen-bond acceptors (Lipinski definition) is 1. The Kier molecular flexibility index (Phi) is 4.92. The van der Waals surface area contributed by atoms with E-state index >= 15 is 0 Å². The Morgan fingerprint density at radius 1 is 1.14 bits per heavy atom. The maximum atomic E-state index is 6.22. The number of likely N-dealkylation sites (tertiary alicyclic amines) is 1. The normalized spacial score (nSPS) is 25.3. The van der Waals surface area contributed by atoms with Crippen LogP contribution in [0.5, 0.6) is 0 Å². The number of anilines is 1. The third kappa shape index (κ3) is 3.46. The van der Waals surface area contributed by atoms with Crippen molar-refractivity contribution in [1.29, 1.82) is 0 Å². The summed E-state index contributed by atoms with van der Waals surface area (Å²) in [5.74, 6) is 0.813. The molecular weight excluding hydrogens is 323 g/mol. The number of piperidine rings is 1. The van der Waals surface area contributed by atoms with E-state index in [1.165, 1.54) is 38.5 Å². The Labute approximate surface area is 141 Å². The highest BCUT2D eigenvalue weighted by Crippen LogP contribution is 2.36. The molecule has 2 nitrogen and oxygen atoms in total. The zero-order valence-corrected chi connectivity index (χ0v) is 14.3. The van der Waals surface area contributed by atoms with Crippen molar-refractivity contribution in [2.45, 2.75) is 44.6 Å². The summed E-state index contributed by atoms with van der Waals surface area (Å²) >= 11 is 17.8. The summed E-state index contributed by atoms with van der Waals surface area (Å²) in [6.07, 6.45) is 7.90. The highest BCUT2D eigenvalue weighted by atomic mass is 35.5. The topological polar surface area (TPSA) is 15.3 Å². The highest BCUT2D eigenvalue weighted by molar-refractivity contribution is 7.80. The molecule has 1 aliphatic heterocycles. The van der Waals surface area contributed by atoms with Crippen molar-refractivity contribution in [1.82, 2.24) is 4.90 Å². The second-order valence-corrected chi connectivity index (χ2v) is 7.23. The quantitative estimate of drug-likeness (QED) is 0.693. The van der Waals surface area contributed by atoms with Gasteiger partial charge in [0.25, 0.3) is 0 Å². The SMILES string of the molecule is S=C(Nc1ccc(Cl)cc1Cl)N1CCC[C@H]2CCCC[C@@H]21. The molecule has 114 valence electrons. The number of thiocarbonyl (C=S) groups is 1. The van der Waals surface area contributed by atoms with Crippen molar-refractivity contribution < 1.29 is 0 Å². The lowest BCUT2D eigenvalue weighted by atomic mass is 9.78. The molecule has 0 aromatic heterocycles. The van der Waals surface area contributed by atoms with Crippen LogP contribution in [0.4, 0.5) is 5.69 Å². The van der Waals surface area contributed by atoms with Gasteiger partial charge in [0.05, 0.1) is 10.7 Å². The van der Waals surface area contributed by atoms with Crippen molar-refractivity contribution in [2.75, 3.05) is 11.9 Å². The van der Waals surface area contributed by atoms with Crippen molar-refractivity contribution >= 4 is 46.2 Å². The molecule has 3 rings (SSSR count). The molecule has 0 amide bonds. The van der Waals surface area contributed by atoms with Gasteiger partial charge in [-0.1, -0.05) is 36.0 Å². The van der Waals surface area contributed by atoms with Crippen LogP contribution >= 0.6 is 35.4 Å². The summed E-state index contributed by atoms with van der Waals surface area (Å²) < 4.78 is 0. The Morgan fingerprint density at radius 2 is 1.90 bits per heavy atom. The molecule has 0 bridgehead atoms. The highest BCUT2D eigenvalue weighted by Gasteiger charge is 2.34. The zero-order chi connectivity index (χ0) is 14.8. The number of halogens is 2. The Bertz CT molecular complexity index is 533. The van der Waals surface area contributed by atoms with Crippen LogP contribution in [0.15, 0.2) is 18.2 Å². The fraction of sp³-hybridized carbons (Fsp3) is 0.562. The van der Waals surface area contributed by atoms with E-state index in [1.807, 2.05) is 12.1 Å². The van der Waals surface area contributed by atoms with E-state index in [0.29, 0.717) is 16.1 Å². The average molecular weight is 343 g/mol. The fourth-order valence-electron chi connectivity index (χ4n) is 3.65. The smallest absolute Gasteiger partial charge is 0.173 e. The number of nitrogens with one attached hydrogen (secondary N) is 1. The molecule has 0 unspecified atom stereocenters.